The summed E-state index contributed by atoms with van der Waals surface area (Å²) in [6.07, 6.45) is 2.46. The van der Waals surface area contributed by atoms with Crippen LogP contribution in [-0.2, 0) is 19.4 Å². The number of likely N-dealkylation sites (N-methyl/N-ethyl adjacent to an activating group) is 1. The summed E-state index contributed by atoms with van der Waals surface area (Å²) in [7, 11) is -1.57. The normalized spacial score (nSPS) is 19.8. The third-order valence-corrected chi connectivity index (χ3v) is 6.19. The second-order valence-corrected chi connectivity index (χ2v) is 8.54. The van der Waals surface area contributed by atoms with Gasteiger partial charge in [0, 0.05) is 25.5 Å². The number of benzene rings is 1. The van der Waals surface area contributed by atoms with E-state index in [-0.39, 0.29) is 23.1 Å². The van der Waals surface area contributed by atoms with E-state index in [0.717, 1.165) is 0 Å². The summed E-state index contributed by atoms with van der Waals surface area (Å²) in [4.78, 5) is 34.4. The van der Waals surface area contributed by atoms with E-state index in [4.69, 9.17) is 4.74 Å². The van der Waals surface area contributed by atoms with Gasteiger partial charge in [-0.2, -0.15) is 0 Å². The smallest absolute Gasteiger partial charge is 0.338 e. The van der Waals surface area contributed by atoms with Gasteiger partial charge in [0.15, 0.2) is 15.9 Å². The van der Waals surface area contributed by atoms with E-state index in [1.54, 1.807) is 24.4 Å². The summed E-state index contributed by atoms with van der Waals surface area (Å²) < 4.78 is 28.4. The molecule has 0 spiro atoms. The highest BCUT2D eigenvalue weighted by Gasteiger charge is 2.35. The molecule has 1 aromatic carbocycles. The van der Waals surface area contributed by atoms with Gasteiger partial charge in [-0.25, -0.2) is 13.2 Å². The van der Waals surface area contributed by atoms with Gasteiger partial charge in [-0.05, 0) is 31.5 Å². The number of aromatic nitrogens is 2. The van der Waals surface area contributed by atoms with Crippen LogP contribution in [0, 0.1) is 0 Å². The Kier molecular flexibility index (Phi) is 4.90. The number of carbonyl (C=O) groups is 2. The molecule has 2 heterocycles. The quantitative estimate of drug-likeness (QED) is 0.726. The van der Waals surface area contributed by atoms with Crippen LogP contribution in [0.5, 0.6) is 0 Å². The molecule has 26 heavy (non-hydrogen) atoms. The number of hydrogen-bond acceptors (Lipinski definition) is 7. The van der Waals surface area contributed by atoms with Crippen LogP contribution in [0.25, 0.3) is 11.0 Å². The predicted octanol–water partition coefficient (Wildman–Crippen LogP) is 0.821. The molecule has 0 radical (unpaired) electrons. The number of carbonyl (C=O) groups excluding carboxylic acids is 2. The second-order valence-electron chi connectivity index (χ2n) is 6.31. The summed E-state index contributed by atoms with van der Waals surface area (Å²) in [6, 6.07) is 4.38. The van der Waals surface area contributed by atoms with Gasteiger partial charge in [0.2, 0.25) is 0 Å². The molecule has 0 aliphatic carbocycles. The second kappa shape index (κ2) is 6.99. The topological polar surface area (TPSA) is 107 Å². The number of ether oxygens (including phenoxy) is 1. The van der Waals surface area contributed by atoms with Crippen LogP contribution in [0.4, 0.5) is 0 Å². The van der Waals surface area contributed by atoms with Gasteiger partial charge in [-0.3, -0.25) is 14.8 Å². The van der Waals surface area contributed by atoms with Crippen molar-refractivity contribution in [3.8, 4) is 0 Å². The molecule has 1 aromatic heterocycles. The first kappa shape index (κ1) is 18.2. The van der Waals surface area contributed by atoms with Crippen LogP contribution in [-0.4, -0.2) is 65.9 Å². The third-order valence-electron chi connectivity index (χ3n) is 4.44. The standard InChI is InChI=1S/C17H19N3O5S/c1-11(16(21)20(2)13-5-8-26(23,24)10-13)25-17(22)12-3-4-14-15(9-12)19-7-6-18-14/h3-4,6-7,9,11,13H,5,8,10H2,1-2H3/t11-,13-/m0/s1. The van der Waals surface area contributed by atoms with Crippen molar-refractivity contribution in [1.29, 1.82) is 0 Å². The Balaban J connectivity index is 1.66. The number of sulfone groups is 1. The molecule has 1 amide bonds. The van der Waals surface area contributed by atoms with Gasteiger partial charge in [-0.1, -0.05) is 0 Å². The average molecular weight is 377 g/mol. The Bertz CT molecular complexity index is 960. The lowest BCUT2D eigenvalue weighted by molar-refractivity contribution is -0.140. The molecule has 1 aliphatic heterocycles. The molecule has 9 heteroatoms. The van der Waals surface area contributed by atoms with Crippen molar-refractivity contribution in [2.75, 3.05) is 18.6 Å². The number of nitrogens with zero attached hydrogens (tertiary/aromatic N) is 3. The molecule has 3 rings (SSSR count). The molecule has 0 unspecified atom stereocenters. The highest BCUT2D eigenvalue weighted by Crippen LogP contribution is 2.18. The lowest BCUT2D eigenvalue weighted by Crippen LogP contribution is -2.44. The molecular weight excluding hydrogens is 358 g/mol. The largest absolute Gasteiger partial charge is 0.449 e. The molecule has 138 valence electrons. The maximum absolute atomic E-state index is 12.5. The minimum atomic E-state index is -3.10. The van der Waals surface area contributed by atoms with E-state index in [2.05, 4.69) is 9.97 Å². The first-order chi connectivity index (χ1) is 12.3. The van der Waals surface area contributed by atoms with E-state index >= 15 is 0 Å². The summed E-state index contributed by atoms with van der Waals surface area (Å²) in [5.41, 5.74) is 1.47. The summed E-state index contributed by atoms with van der Waals surface area (Å²) >= 11 is 0. The highest BCUT2D eigenvalue weighted by atomic mass is 32.2. The Morgan fingerprint density at radius 3 is 2.58 bits per heavy atom. The predicted molar refractivity (Wildman–Crippen MR) is 94.2 cm³/mol. The van der Waals surface area contributed by atoms with E-state index in [1.807, 2.05) is 0 Å². The lowest BCUT2D eigenvalue weighted by atomic mass is 10.2. The van der Waals surface area contributed by atoms with Gasteiger partial charge >= 0.3 is 5.97 Å². The monoisotopic (exact) mass is 377 g/mol. The number of rotatable bonds is 4. The molecule has 1 aliphatic rings. The Labute approximate surface area is 151 Å². The number of esters is 1. The zero-order chi connectivity index (χ0) is 18.9. The Morgan fingerprint density at radius 1 is 1.23 bits per heavy atom. The van der Waals surface area contributed by atoms with Crippen molar-refractivity contribution in [2.24, 2.45) is 0 Å². The van der Waals surface area contributed by atoms with Gasteiger partial charge < -0.3 is 9.64 Å². The summed E-state index contributed by atoms with van der Waals surface area (Å²) in [5, 5.41) is 0. The van der Waals surface area contributed by atoms with Gasteiger partial charge in [-0.15, -0.1) is 0 Å². The fourth-order valence-corrected chi connectivity index (χ4v) is 4.69. The van der Waals surface area contributed by atoms with E-state index in [1.165, 1.54) is 25.1 Å². The maximum Gasteiger partial charge on any atom is 0.338 e. The van der Waals surface area contributed by atoms with Crippen LogP contribution in [0.1, 0.15) is 23.7 Å². The van der Waals surface area contributed by atoms with E-state index in [9.17, 15) is 18.0 Å². The Hall–Kier alpha value is -2.55. The number of fused-ring (bicyclic) bond motifs is 1. The van der Waals surface area contributed by atoms with Gasteiger partial charge in [0.05, 0.1) is 28.1 Å². The first-order valence-electron chi connectivity index (χ1n) is 8.16. The van der Waals surface area contributed by atoms with Gasteiger partial charge in [0.1, 0.15) is 0 Å². The van der Waals surface area contributed by atoms with Gasteiger partial charge in [0.25, 0.3) is 5.91 Å². The zero-order valence-electron chi connectivity index (χ0n) is 14.5. The minimum absolute atomic E-state index is 0.0563. The molecule has 2 aromatic rings. The lowest BCUT2D eigenvalue weighted by Gasteiger charge is -2.26. The van der Waals surface area contributed by atoms with Crippen LogP contribution < -0.4 is 0 Å². The number of amides is 1. The third kappa shape index (κ3) is 3.82. The Morgan fingerprint density at radius 2 is 1.92 bits per heavy atom. The van der Waals surface area contributed by atoms with Crippen LogP contribution in [0.2, 0.25) is 0 Å². The summed E-state index contributed by atoms with van der Waals surface area (Å²) in [6.45, 7) is 1.47. The minimum Gasteiger partial charge on any atom is -0.449 e. The van der Waals surface area contributed by atoms with Crippen molar-refractivity contribution in [3.05, 3.63) is 36.2 Å². The molecule has 2 atom stereocenters. The van der Waals surface area contributed by atoms with E-state index < -0.39 is 27.8 Å². The molecule has 1 fully saturated rings. The first-order valence-corrected chi connectivity index (χ1v) is 9.98. The maximum atomic E-state index is 12.5. The summed E-state index contributed by atoms with van der Waals surface area (Å²) in [5.74, 6) is -1.06. The average Bonchev–Trinajstić information content (AvgIpc) is 2.99. The molecule has 0 N–H and O–H groups in total. The van der Waals surface area contributed by atoms with Crippen molar-refractivity contribution in [3.63, 3.8) is 0 Å². The van der Waals surface area contributed by atoms with E-state index in [0.29, 0.717) is 17.5 Å². The van der Waals surface area contributed by atoms with Crippen LogP contribution in [0.15, 0.2) is 30.6 Å². The van der Waals surface area contributed by atoms with Crippen molar-refractivity contribution in [2.45, 2.75) is 25.5 Å². The van der Waals surface area contributed by atoms with Crippen molar-refractivity contribution < 1.29 is 22.7 Å². The molecule has 0 bridgehead atoms. The highest BCUT2D eigenvalue weighted by molar-refractivity contribution is 7.91. The van der Waals surface area contributed by atoms with Crippen molar-refractivity contribution in [1.82, 2.24) is 14.9 Å². The molecule has 0 saturated carbocycles. The SMILES string of the molecule is C[C@H](OC(=O)c1ccc2nccnc2c1)C(=O)N(C)[C@H]1CCS(=O)(=O)C1. The number of hydrogen-bond donors (Lipinski definition) is 0. The van der Waals surface area contributed by atoms with Crippen molar-refractivity contribution >= 4 is 32.7 Å². The zero-order valence-corrected chi connectivity index (χ0v) is 15.3. The fourth-order valence-electron chi connectivity index (χ4n) is 2.92. The fraction of sp³-hybridized carbons (Fsp3) is 0.412. The van der Waals surface area contributed by atoms with Crippen LogP contribution in [0.3, 0.4) is 0 Å². The molecule has 1 saturated heterocycles. The molecular formula is C17H19N3O5S. The van der Waals surface area contributed by atoms with Crippen LogP contribution >= 0.6 is 0 Å². The molecule has 8 nitrogen and oxygen atoms in total.